The van der Waals surface area contributed by atoms with Crippen molar-refractivity contribution in [3.05, 3.63) is 29.8 Å². The molecule has 3 saturated heterocycles. The van der Waals surface area contributed by atoms with Crippen LogP contribution in [0, 0.1) is 0 Å². The number of amides is 2. The maximum absolute atomic E-state index is 12.8. The highest BCUT2D eigenvalue weighted by Crippen LogP contribution is 2.25. The molecule has 1 aromatic rings. The van der Waals surface area contributed by atoms with Gasteiger partial charge in [0, 0.05) is 94.2 Å². The Hall–Kier alpha value is -1.77. The molecular weight excluding hydrogens is 434 g/mol. The number of benzene rings is 1. The van der Waals surface area contributed by atoms with Crippen molar-refractivity contribution in [2.75, 3.05) is 88.4 Å². The molecule has 0 unspecified atom stereocenters. The molecule has 0 atom stereocenters. The minimum Gasteiger partial charge on any atom is -0.369 e. The Morgan fingerprint density at radius 1 is 0.788 bits per heavy atom. The van der Waals surface area contributed by atoms with E-state index in [0.29, 0.717) is 6.54 Å². The van der Waals surface area contributed by atoms with Crippen molar-refractivity contribution in [1.29, 1.82) is 0 Å². The van der Waals surface area contributed by atoms with E-state index in [9.17, 15) is 9.59 Å². The van der Waals surface area contributed by atoms with Gasteiger partial charge >= 0.3 is 0 Å². The first kappa shape index (κ1) is 23.0. The van der Waals surface area contributed by atoms with Crippen molar-refractivity contribution in [2.24, 2.45) is 0 Å². The lowest BCUT2D eigenvalue weighted by Gasteiger charge is -2.43. The van der Waals surface area contributed by atoms with Crippen LogP contribution < -0.4 is 4.90 Å². The van der Waals surface area contributed by atoms with Crippen LogP contribution in [0.25, 0.3) is 0 Å². The molecule has 0 aromatic heterocycles. The van der Waals surface area contributed by atoms with Crippen LogP contribution in [0.2, 0.25) is 0 Å². The molecule has 3 aliphatic heterocycles. The number of hydrogen-bond donors (Lipinski definition) is 0. The molecule has 8 heteroatoms. The fraction of sp³-hybridized carbons (Fsp3) is 0.680. The third kappa shape index (κ3) is 5.49. The van der Waals surface area contributed by atoms with Gasteiger partial charge in [0.15, 0.2) is 0 Å². The number of carbonyl (C=O) groups excluding carboxylic acids is 2. The molecule has 33 heavy (non-hydrogen) atoms. The van der Waals surface area contributed by atoms with Crippen molar-refractivity contribution in [3.63, 3.8) is 0 Å². The Balaban J connectivity index is 1.06. The molecule has 5 rings (SSSR count). The van der Waals surface area contributed by atoms with E-state index in [2.05, 4.69) is 31.7 Å². The Kier molecular flexibility index (Phi) is 7.43. The molecule has 1 aliphatic carbocycles. The monoisotopic (exact) mass is 471 g/mol. The smallest absolute Gasteiger partial charge is 0.253 e. The van der Waals surface area contributed by atoms with E-state index in [1.807, 2.05) is 28.8 Å². The van der Waals surface area contributed by atoms with Crippen LogP contribution in [0.4, 0.5) is 5.69 Å². The van der Waals surface area contributed by atoms with Gasteiger partial charge in [0.1, 0.15) is 0 Å². The standard InChI is InChI=1S/C25H37N5O2S/c31-24(29-14-12-28(13-15-29)22-2-1-3-22)20-26-8-10-27(11-9-26)23-6-4-21(5-7-23)25(32)30-16-18-33-19-17-30/h4-7,22H,1-3,8-20H2. The van der Waals surface area contributed by atoms with Crippen LogP contribution in [0.3, 0.4) is 0 Å². The van der Waals surface area contributed by atoms with E-state index in [-0.39, 0.29) is 11.8 Å². The normalized spacial score (nSPS) is 23.5. The summed E-state index contributed by atoms with van der Waals surface area (Å²) >= 11 is 1.92. The van der Waals surface area contributed by atoms with Crippen molar-refractivity contribution in [3.8, 4) is 0 Å². The maximum atomic E-state index is 12.8. The highest BCUT2D eigenvalue weighted by atomic mass is 32.2. The van der Waals surface area contributed by atoms with Gasteiger partial charge in [0.25, 0.3) is 5.91 Å². The molecule has 4 aliphatic rings. The lowest BCUT2D eigenvalue weighted by molar-refractivity contribution is -0.134. The fourth-order valence-electron chi connectivity index (χ4n) is 5.31. The van der Waals surface area contributed by atoms with Gasteiger partial charge in [-0.15, -0.1) is 0 Å². The Labute approximate surface area is 202 Å². The molecule has 1 saturated carbocycles. The minimum atomic E-state index is 0.152. The van der Waals surface area contributed by atoms with Crippen molar-refractivity contribution in [2.45, 2.75) is 25.3 Å². The Morgan fingerprint density at radius 3 is 2.06 bits per heavy atom. The predicted molar refractivity (Wildman–Crippen MR) is 134 cm³/mol. The summed E-state index contributed by atoms with van der Waals surface area (Å²) < 4.78 is 0. The number of rotatable bonds is 5. The van der Waals surface area contributed by atoms with E-state index < -0.39 is 0 Å². The fourth-order valence-corrected chi connectivity index (χ4v) is 6.21. The highest BCUT2D eigenvalue weighted by Gasteiger charge is 2.30. The summed E-state index contributed by atoms with van der Waals surface area (Å²) in [6, 6.07) is 8.88. The second kappa shape index (κ2) is 10.7. The number of hydrogen-bond acceptors (Lipinski definition) is 6. The van der Waals surface area contributed by atoms with Gasteiger partial charge in [-0.2, -0.15) is 11.8 Å². The van der Waals surface area contributed by atoms with Crippen LogP contribution in [-0.2, 0) is 4.79 Å². The Bertz CT molecular complexity index is 809. The zero-order valence-electron chi connectivity index (χ0n) is 19.7. The van der Waals surface area contributed by atoms with Crippen molar-refractivity contribution in [1.82, 2.24) is 19.6 Å². The zero-order chi connectivity index (χ0) is 22.6. The molecule has 3 heterocycles. The van der Waals surface area contributed by atoms with Gasteiger partial charge in [-0.1, -0.05) is 6.42 Å². The molecule has 4 fully saturated rings. The van der Waals surface area contributed by atoms with Gasteiger partial charge in [-0.3, -0.25) is 19.4 Å². The number of thioether (sulfide) groups is 1. The van der Waals surface area contributed by atoms with Crippen LogP contribution in [0.15, 0.2) is 24.3 Å². The highest BCUT2D eigenvalue weighted by molar-refractivity contribution is 7.99. The molecule has 0 N–H and O–H groups in total. The Morgan fingerprint density at radius 2 is 1.45 bits per heavy atom. The quantitative estimate of drug-likeness (QED) is 0.652. The lowest BCUT2D eigenvalue weighted by atomic mass is 9.91. The third-order valence-corrected chi connectivity index (χ3v) is 8.71. The summed E-state index contributed by atoms with van der Waals surface area (Å²) in [5, 5.41) is 0. The predicted octanol–water partition coefficient (Wildman–Crippen LogP) is 1.69. The van der Waals surface area contributed by atoms with E-state index in [1.165, 1.54) is 24.9 Å². The first-order chi connectivity index (χ1) is 16.2. The molecular formula is C25H37N5O2S. The molecule has 0 radical (unpaired) electrons. The maximum Gasteiger partial charge on any atom is 0.253 e. The third-order valence-electron chi connectivity index (χ3n) is 7.77. The van der Waals surface area contributed by atoms with Crippen molar-refractivity contribution < 1.29 is 9.59 Å². The van der Waals surface area contributed by atoms with Gasteiger partial charge in [-0.05, 0) is 37.1 Å². The van der Waals surface area contributed by atoms with E-state index in [1.54, 1.807) is 0 Å². The summed E-state index contributed by atoms with van der Waals surface area (Å²) in [4.78, 5) is 36.8. The van der Waals surface area contributed by atoms with Crippen LogP contribution in [0.1, 0.15) is 29.6 Å². The average Bonchev–Trinajstić information content (AvgIpc) is 2.84. The summed E-state index contributed by atoms with van der Waals surface area (Å²) in [7, 11) is 0. The van der Waals surface area contributed by atoms with E-state index in [4.69, 9.17) is 0 Å². The van der Waals surface area contributed by atoms with Crippen LogP contribution in [-0.4, -0.2) is 121 Å². The first-order valence-electron chi connectivity index (χ1n) is 12.6. The first-order valence-corrected chi connectivity index (χ1v) is 13.8. The van der Waals surface area contributed by atoms with Crippen molar-refractivity contribution >= 4 is 29.3 Å². The SMILES string of the molecule is O=C(CN1CCN(c2ccc(C(=O)N3CCSCC3)cc2)CC1)N1CCN(C2CCC2)CC1. The van der Waals surface area contributed by atoms with Gasteiger partial charge < -0.3 is 14.7 Å². The van der Waals surface area contributed by atoms with Gasteiger partial charge in [0.05, 0.1) is 6.54 Å². The van der Waals surface area contributed by atoms with E-state index in [0.717, 1.165) is 88.6 Å². The average molecular weight is 472 g/mol. The minimum absolute atomic E-state index is 0.152. The molecule has 1 aromatic carbocycles. The van der Waals surface area contributed by atoms with Gasteiger partial charge in [-0.25, -0.2) is 0 Å². The number of carbonyl (C=O) groups is 2. The second-order valence-electron chi connectivity index (χ2n) is 9.72. The van der Waals surface area contributed by atoms with Crippen LogP contribution in [0.5, 0.6) is 0 Å². The molecule has 180 valence electrons. The number of nitrogens with zero attached hydrogens (tertiary/aromatic N) is 5. The van der Waals surface area contributed by atoms with Crippen LogP contribution >= 0.6 is 11.8 Å². The molecule has 2 amide bonds. The second-order valence-corrected chi connectivity index (χ2v) is 10.9. The summed E-state index contributed by atoms with van der Waals surface area (Å²) in [6.07, 6.45) is 4.06. The number of anilines is 1. The van der Waals surface area contributed by atoms with E-state index >= 15 is 0 Å². The summed E-state index contributed by atoms with van der Waals surface area (Å²) in [5.74, 6) is 2.51. The molecule has 7 nitrogen and oxygen atoms in total. The lowest BCUT2D eigenvalue weighted by Crippen LogP contribution is -2.56. The number of piperazine rings is 2. The van der Waals surface area contributed by atoms with Gasteiger partial charge in [0.2, 0.25) is 5.91 Å². The summed E-state index contributed by atoms with van der Waals surface area (Å²) in [6.45, 7) is 9.73. The largest absolute Gasteiger partial charge is 0.369 e. The summed E-state index contributed by atoms with van der Waals surface area (Å²) in [5.41, 5.74) is 1.95. The zero-order valence-corrected chi connectivity index (χ0v) is 20.5. The molecule has 0 bridgehead atoms. The molecule has 0 spiro atoms. The topological polar surface area (TPSA) is 50.3 Å².